The number of nitrogens with zero attached hydrogens (tertiary/aromatic N) is 4. The lowest BCUT2D eigenvalue weighted by Gasteiger charge is -2.33. The molecule has 3 heterocycles. The van der Waals surface area contributed by atoms with E-state index in [1.54, 1.807) is 19.4 Å². The number of ether oxygens (including phenoxy) is 2. The summed E-state index contributed by atoms with van der Waals surface area (Å²) in [7, 11) is 1.59. The minimum Gasteiger partial charge on any atom is -0.494 e. The summed E-state index contributed by atoms with van der Waals surface area (Å²) in [6.07, 6.45) is 3.87. The predicted octanol–water partition coefficient (Wildman–Crippen LogP) is 3.99. The number of benzene rings is 1. The number of piperazine rings is 1. The highest BCUT2D eigenvalue weighted by Crippen LogP contribution is 2.35. The molecule has 0 atom stereocenters. The van der Waals surface area contributed by atoms with Gasteiger partial charge in [-0.25, -0.2) is 12.5 Å². The van der Waals surface area contributed by atoms with Gasteiger partial charge in [-0.3, -0.25) is 0 Å². The lowest BCUT2D eigenvalue weighted by Crippen LogP contribution is -2.42. The fourth-order valence-electron chi connectivity index (χ4n) is 3.97. The molecule has 2 aromatic rings. The number of aromatic nitrogens is 2. The molecule has 2 fully saturated rings. The van der Waals surface area contributed by atoms with Crippen LogP contribution in [0.15, 0.2) is 18.3 Å². The first kappa shape index (κ1) is 23.2. The van der Waals surface area contributed by atoms with Gasteiger partial charge in [0.25, 0.3) is 0 Å². The maximum absolute atomic E-state index is 15.0. The number of rotatable bonds is 7. The van der Waals surface area contributed by atoms with Crippen LogP contribution in [0, 0.1) is 18.7 Å². The molecule has 2 aliphatic heterocycles. The van der Waals surface area contributed by atoms with Gasteiger partial charge in [0.05, 0.1) is 18.5 Å². The molecule has 10 heteroatoms. The fraction of sp³-hybridized carbons (Fsp3) is 0.545. The van der Waals surface area contributed by atoms with Crippen molar-refractivity contribution in [1.82, 2.24) is 13.1 Å². The Kier molecular flexibility index (Phi) is 7.84. The Hall–Kier alpha value is -1.92. The lowest BCUT2D eigenvalue weighted by molar-refractivity contribution is 0.0699. The van der Waals surface area contributed by atoms with Crippen LogP contribution in [0.25, 0.3) is 0 Å². The molecule has 174 valence electrons. The quantitative estimate of drug-likeness (QED) is 0.392. The van der Waals surface area contributed by atoms with Crippen LogP contribution in [-0.4, -0.2) is 66.1 Å². The Morgan fingerprint density at radius 1 is 1.22 bits per heavy atom. The van der Waals surface area contributed by atoms with Gasteiger partial charge in [-0.15, -0.1) is 0 Å². The van der Waals surface area contributed by atoms with Crippen LogP contribution in [0.1, 0.15) is 18.4 Å². The summed E-state index contributed by atoms with van der Waals surface area (Å²) < 4.78 is 28.2. The van der Waals surface area contributed by atoms with E-state index in [1.165, 1.54) is 6.07 Å². The highest BCUT2D eigenvalue weighted by atomic mass is 127. The van der Waals surface area contributed by atoms with Gasteiger partial charge in [-0.05, 0) is 25.7 Å². The second-order valence-corrected chi connectivity index (χ2v) is 9.55. The molecule has 0 amide bonds. The number of hydrogen-bond donors (Lipinski definition) is 2. The van der Waals surface area contributed by atoms with Gasteiger partial charge in [0.2, 0.25) is 5.95 Å². The van der Waals surface area contributed by atoms with Crippen LogP contribution in [0.5, 0.6) is 5.75 Å². The van der Waals surface area contributed by atoms with Crippen molar-refractivity contribution in [3.8, 4) is 5.75 Å². The van der Waals surface area contributed by atoms with Crippen LogP contribution in [0.2, 0.25) is 0 Å². The van der Waals surface area contributed by atoms with E-state index in [4.69, 9.17) is 9.47 Å². The molecule has 4 rings (SSSR count). The van der Waals surface area contributed by atoms with Crippen molar-refractivity contribution in [1.29, 1.82) is 0 Å². The third-order valence-electron chi connectivity index (χ3n) is 5.95. The van der Waals surface area contributed by atoms with E-state index >= 15 is 4.39 Å². The van der Waals surface area contributed by atoms with E-state index in [0.29, 0.717) is 29.0 Å². The van der Waals surface area contributed by atoms with Crippen LogP contribution in [-0.2, 0) is 4.74 Å². The maximum atomic E-state index is 15.0. The largest absolute Gasteiger partial charge is 0.494 e. The Labute approximate surface area is 202 Å². The SMILES string of the molecule is COc1cc(N2CCN(I)CC2)c(F)cc1Nc1ncc(C)c(NCC2CCOCC2)n1. The molecule has 1 aromatic carbocycles. The van der Waals surface area contributed by atoms with E-state index in [-0.39, 0.29) is 5.82 Å². The van der Waals surface area contributed by atoms with E-state index in [0.717, 1.165) is 70.2 Å². The van der Waals surface area contributed by atoms with Crippen LogP contribution in [0.4, 0.5) is 27.5 Å². The first-order valence-corrected chi connectivity index (χ1v) is 12.0. The first-order valence-electron chi connectivity index (χ1n) is 11.0. The second-order valence-electron chi connectivity index (χ2n) is 8.19. The molecule has 0 bridgehead atoms. The molecule has 0 aliphatic carbocycles. The molecule has 0 radical (unpaired) electrons. The van der Waals surface area contributed by atoms with Gasteiger partial charge < -0.3 is 25.0 Å². The van der Waals surface area contributed by atoms with E-state index in [2.05, 4.69) is 51.5 Å². The van der Waals surface area contributed by atoms with Crippen molar-refractivity contribution in [3.63, 3.8) is 0 Å². The van der Waals surface area contributed by atoms with Crippen LogP contribution in [0.3, 0.4) is 0 Å². The fourth-order valence-corrected chi connectivity index (χ4v) is 4.40. The zero-order valence-electron chi connectivity index (χ0n) is 18.5. The second kappa shape index (κ2) is 10.8. The Morgan fingerprint density at radius 2 is 1.97 bits per heavy atom. The number of halogens is 2. The average molecular weight is 556 g/mol. The van der Waals surface area contributed by atoms with Crippen LogP contribution >= 0.6 is 22.9 Å². The van der Waals surface area contributed by atoms with Crippen molar-refractivity contribution in [2.75, 3.05) is 68.6 Å². The van der Waals surface area contributed by atoms with Gasteiger partial charge in [0.15, 0.2) is 0 Å². The molecule has 32 heavy (non-hydrogen) atoms. The van der Waals surface area contributed by atoms with Gasteiger partial charge in [-0.2, -0.15) is 4.98 Å². The van der Waals surface area contributed by atoms with E-state index < -0.39 is 0 Å². The Morgan fingerprint density at radius 3 is 2.69 bits per heavy atom. The van der Waals surface area contributed by atoms with Gasteiger partial charge in [0, 0.05) is 92.7 Å². The topological polar surface area (TPSA) is 74.8 Å². The molecule has 2 aliphatic rings. The van der Waals surface area contributed by atoms with Crippen molar-refractivity contribution in [3.05, 3.63) is 29.7 Å². The highest BCUT2D eigenvalue weighted by molar-refractivity contribution is 14.1. The smallest absolute Gasteiger partial charge is 0.229 e. The molecule has 0 spiro atoms. The summed E-state index contributed by atoms with van der Waals surface area (Å²) in [5.74, 6) is 2.01. The van der Waals surface area contributed by atoms with Gasteiger partial charge in [0.1, 0.15) is 17.4 Å². The number of nitrogens with one attached hydrogen (secondary N) is 2. The van der Waals surface area contributed by atoms with Gasteiger partial charge in [-0.1, -0.05) is 0 Å². The summed E-state index contributed by atoms with van der Waals surface area (Å²) in [5, 5.41) is 6.57. The summed E-state index contributed by atoms with van der Waals surface area (Å²) in [4.78, 5) is 11.0. The minimum atomic E-state index is -0.291. The zero-order chi connectivity index (χ0) is 22.5. The molecular weight excluding hydrogens is 526 g/mol. The number of anilines is 4. The van der Waals surface area contributed by atoms with Crippen LogP contribution < -0.4 is 20.3 Å². The van der Waals surface area contributed by atoms with Crippen molar-refractivity contribution < 1.29 is 13.9 Å². The third-order valence-corrected chi connectivity index (χ3v) is 6.92. The van der Waals surface area contributed by atoms with Crippen molar-refractivity contribution in [2.24, 2.45) is 5.92 Å². The molecule has 0 unspecified atom stereocenters. The number of methoxy groups -OCH3 is 1. The Bertz CT molecular complexity index is 920. The summed E-state index contributed by atoms with van der Waals surface area (Å²) >= 11 is 2.30. The van der Waals surface area contributed by atoms with Crippen molar-refractivity contribution >= 4 is 46.0 Å². The summed E-state index contributed by atoms with van der Waals surface area (Å²) in [6.45, 7) is 7.79. The monoisotopic (exact) mass is 556 g/mol. The maximum Gasteiger partial charge on any atom is 0.229 e. The van der Waals surface area contributed by atoms with Crippen molar-refractivity contribution in [2.45, 2.75) is 19.8 Å². The lowest BCUT2D eigenvalue weighted by atomic mass is 10.0. The zero-order valence-corrected chi connectivity index (χ0v) is 20.7. The predicted molar refractivity (Wildman–Crippen MR) is 133 cm³/mol. The highest BCUT2D eigenvalue weighted by Gasteiger charge is 2.21. The third kappa shape index (κ3) is 5.70. The molecular formula is C22H30FIN6O2. The molecule has 2 saturated heterocycles. The molecule has 1 aromatic heterocycles. The summed E-state index contributed by atoms with van der Waals surface area (Å²) in [6, 6.07) is 3.21. The van der Waals surface area contributed by atoms with Gasteiger partial charge >= 0.3 is 0 Å². The van der Waals surface area contributed by atoms with E-state index in [1.807, 2.05) is 6.92 Å². The average Bonchev–Trinajstić information content (AvgIpc) is 2.81. The summed E-state index contributed by atoms with van der Waals surface area (Å²) in [5.41, 5.74) is 2.02. The molecule has 8 nitrogen and oxygen atoms in total. The minimum absolute atomic E-state index is 0.291. The normalized spacial score (nSPS) is 17.9. The Balaban J connectivity index is 1.48. The van der Waals surface area contributed by atoms with E-state index in [9.17, 15) is 0 Å². The number of hydrogen-bond acceptors (Lipinski definition) is 8. The standard InChI is InChI=1S/C22H30FIN6O2/c1-15-13-26-22(28-21(15)25-14-16-3-9-32-10-4-16)27-18-11-17(23)19(12-20(18)31-2)29-5-7-30(24)8-6-29/h11-13,16H,3-10,14H2,1-2H3,(H2,25,26,27,28). The first-order chi connectivity index (χ1) is 15.5. The number of aryl methyl sites for hydroxylation is 1. The molecule has 2 N–H and O–H groups in total. The molecule has 0 saturated carbocycles.